The summed E-state index contributed by atoms with van der Waals surface area (Å²) in [6.45, 7) is 0.370. The highest BCUT2D eigenvalue weighted by Crippen LogP contribution is 2.19. The molecule has 2 aromatic carbocycles. The Bertz CT molecular complexity index is 742. The van der Waals surface area contributed by atoms with Crippen LogP contribution in [0.3, 0.4) is 0 Å². The van der Waals surface area contributed by atoms with Crippen molar-refractivity contribution in [3.8, 4) is 5.75 Å². The van der Waals surface area contributed by atoms with Gasteiger partial charge in [-0.2, -0.15) is 8.78 Å². The van der Waals surface area contributed by atoms with Crippen LogP contribution in [-0.2, 0) is 6.54 Å². The molecule has 5 nitrogen and oxygen atoms in total. The van der Waals surface area contributed by atoms with E-state index in [1.54, 1.807) is 18.2 Å². The second-order valence-electron chi connectivity index (χ2n) is 5.67. The second kappa shape index (κ2) is 10.7. The monoisotopic (exact) mass is 397 g/mol. The fourth-order valence-electron chi connectivity index (χ4n) is 2.33. The first-order valence-corrected chi connectivity index (χ1v) is 8.85. The van der Waals surface area contributed by atoms with Gasteiger partial charge in [-0.15, -0.1) is 0 Å². The van der Waals surface area contributed by atoms with E-state index in [-0.39, 0.29) is 12.3 Å². The van der Waals surface area contributed by atoms with Crippen LogP contribution in [0.5, 0.6) is 5.75 Å². The van der Waals surface area contributed by atoms with Gasteiger partial charge in [-0.05, 0) is 42.3 Å². The first kappa shape index (κ1) is 20.9. The fourth-order valence-corrected chi connectivity index (χ4v) is 2.54. The maximum atomic E-state index is 12.2. The van der Waals surface area contributed by atoms with Crippen LogP contribution in [0.1, 0.15) is 24.2 Å². The van der Waals surface area contributed by atoms with Crippen molar-refractivity contribution in [1.82, 2.24) is 10.6 Å². The highest BCUT2D eigenvalue weighted by Gasteiger charge is 2.10. The minimum absolute atomic E-state index is 0.0466. The molecule has 8 heteroatoms. The van der Waals surface area contributed by atoms with Crippen LogP contribution in [0.15, 0.2) is 53.5 Å². The molecule has 0 aliphatic rings. The minimum atomic E-state index is -2.87. The zero-order valence-electron chi connectivity index (χ0n) is 14.8. The molecule has 0 fully saturated rings. The molecule has 0 radical (unpaired) electrons. The number of guanidine groups is 1. The third-order valence-corrected chi connectivity index (χ3v) is 3.84. The van der Waals surface area contributed by atoms with Crippen LogP contribution in [0, 0.1) is 0 Å². The fraction of sp³-hybridized carbons (Fsp3) is 0.316. The van der Waals surface area contributed by atoms with Crippen molar-refractivity contribution < 1.29 is 18.6 Å². The Morgan fingerprint density at radius 1 is 1.19 bits per heavy atom. The molecule has 0 saturated carbocycles. The summed E-state index contributed by atoms with van der Waals surface area (Å²) in [5, 5.41) is 17.1. The van der Waals surface area contributed by atoms with E-state index in [1.165, 1.54) is 12.1 Å². The molecule has 0 spiro atoms. The van der Waals surface area contributed by atoms with Crippen molar-refractivity contribution in [2.45, 2.75) is 26.2 Å². The molecule has 1 atom stereocenters. The van der Waals surface area contributed by atoms with Gasteiger partial charge in [0.05, 0.1) is 12.6 Å². The van der Waals surface area contributed by atoms with Crippen LogP contribution < -0.4 is 15.4 Å². The molecule has 0 saturated heterocycles. The molecule has 0 heterocycles. The lowest BCUT2D eigenvalue weighted by Gasteiger charge is -2.16. The number of nitrogens with one attached hydrogen (secondary N) is 2. The van der Waals surface area contributed by atoms with Gasteiger partial charge in [0.1, 0.15) is 5.75 Å². The molecule has 146 valence electrons. The van der Waals surface area contributed by atoms with E-state index in [2.05, 4.69) is 20.4 Å². The average molecular weight is 398 g/mol. The molecular weight excluding hydrogens is 376 g/mol. The number of aliphatic imine (C=N–C) groups is 1. The predicted molar refractivity (Wildman–Crippen MR) is 102 cm³/mol. The second-order valence-corrected chi connectivity index (χ2v) is 6.11. The maximum Gasteiger partial charge on any atom is 0.387 e. The average Bonchev–Trinajstić information content (AvgIpc) is 2.64. The van der Waals surface area contributed by atoms with Crippen molar-refractivity contribution in [2.24, 2.45) is 4.99 Å². The molecule has 0 aromatic heterocycles. The van der Waals surface area contributed by atoms with E-state index in [4.69, 9.17) is 11.6 Å². The summed E-state index contributed by atoms with van der Waals surface area (Å²) < 4.78 is 28.6. The molecule has 3 N–H and O–H groups in total. The SMILES string of the molecule is CCNC(=NCc1cccc(Cl)c1)NCC(O)c1ccc(OC(F)F)cc1. The number of alkyl halides is 2. The van der Waals surface area contributed by atoms with Gasteiger partial charge in [-0.25, -0.2) is 4.99 Å². The van der Waals surface area contributed by atoms with E-state index < -0.39 is 12.7 Å². The number of ether oxygens (including phenoxy) is 1. The van der Waals surface area contributed by atoms with E-state index in [0.717, 1.165) is 5.56 Å². The summed E-state index contributed by atoms with van der Waals surface area (Å²) in [7, 11) is 0. The number of rotatable bonds is 8. The lowest BCUT2D eigenvalue weighted by Crippen LogP contribution is -2.39. The Labute approximate surface area is 162 Å². The molecule has 2 aromatic rings. The van der Waals surface area contributed by atoms with Crippen molar-refractivity contribution in [1.29, 1.82) is 0 Å². The first-order chi connectivity index (χ1) is 13.0. The summed E-state index contributed by atoms with van der Waals surface area (Å²) in [5.41, 5.74) is 1.55. The number of halogens is 3. The smallest absolute Gasteiger partial charge is 0.387 e. The van der Waals surface area contributed by atoms with Gasteiger partial charge >= 0.3 is 6.61 Å². The number of hydrogen-bond donors (Lipinski definition) is 3. The van der Waals surface area contributed by atoms with Crippen molar-refractivity contribution in [2.75, 3.05) is 13.1 Å². The van der Waals surface area contributed by atoms with Gasteiger partial charge in [0, 0.05) is 18.1 Å². The van der Waals surface area contributed by atoms with Gasteiger partial charge in [0.2, 0.25) is 0 Å². The molecule has 0 aliphatic heterocycles. The van der Waals surface area contributed by atoms with Crippen LogP contribution in [-0.4, -0.2) is 30.8 Å². The standard InChI is InChI=1S/C19H22ClF2N3O2/c1-2-23-19(24-11-13-4-3-5-15(20)10-13)25-12-17(26)14-6-8-16(9-7-14)27-18(21)22/h3-10,17-18,26H,2,11-12H2,1H3,(H2,23,24,25). The zero-order chi connectivity index (χ0) is 19.6. The van der Waals surface area contributed by atoms with E-state index in [0.29, 0.717) is 29.6 Å². The van der Waals surface area contributed by atoms with Gasteiger partial charge in [0.25, 0.3) is 0 Å². The Morgan fingerprint density at radius 3 is 2.56 bits per heavy atom. The molecule has 0 aliphatic carbocycles. The van der Waals surface area contributed by atoms with Crippen molar-refractivity contribution >= 4 is 17.6 Å². The molecule has 0 amide bonds. The molecular formula is C19H22ClF2N3O2. The number of aliphatic hydroxyl groups is 1. The topological polar surface area (TPSA) is 65.9 Å². The summed E-state index contributed by atoms with van der Waals surface area (Å²) in [6, 6.07) is 13.3. The van der Waals surface area contributed by atoms with Crippen LogP contribution >= 0.6 is 11.6 Å². The quantitative estimate of drug-likeness (QED) is 0.469. The summed E-state index contributed by atoms with van der Waals surface area (Å²) in [5.74, 6) is 0.597. The number of nitrogens with zero attached hydrogens (tertiary/aromatic N) is 1. The highest BCUT2D eigenvalue weighted by atomic mass is 35.5. The van der Waals surface area contributed by atoms with Crippen LogP contribution in [0.25, 0.3) is 0 Å². The van der Waals surface area contributed by atoms with Gasteiger partial charge < -0.3 is 20.5 Å². The Balaban J connectivity index is 1.92. The summed E-state index contributed by atoms with van der Waals surface area (Å²) in [6.07, 6.45) is -0.833. The van der Waals surface area contributed by atoms with E-state index in [1.807, 2.05) is 25.1 Å². The summed E-state index contributed by atoms with van der Waals surface area (Å²) >= 11 is 5.97. The first-order valence-electron chi connectivity index (χ1n) is 8.47. The molecule has 2 rings (SSSR count). The predicted octanol–water partition coefficient (Wildman–Crippen LogP) is 3.73. The lowest BCUT2D eigenvalue weighted by molar-refractivity contribution is -0.0498. The highest BCUT2D eigenvalue weighted by molar-refractivity contribution is 6.30. The Morgan fingerprint density at radius 2 is 1.93 bits per heavy atom. The van der Waals surface area contributed by atoms with E-state index in [9.17, 15) is 13.9 Å². The third kappa shape index (κ3) is 7.40. The number of aliphatic hydroxyl groups excluding tert-OH is 1. The molecule has 27 heavy (non-hydrogen) atoms. The van der Waals surface area contributed by atoms with Gasteiger partial charge in [-0.3, -0.25) is 0 Å². The minimum Gasteiger partial charge on any atom is -0.435 e. The third-order valence-electron chi connectivity index (χ3n) is 3.61. The van der Waals surface area contributed by atoms with Crippen molar-refractivity contribution in [3.05, 3.63) is 64.7 Å². The van der Waals surface area contributed by atoms with Crippen molar-refractivity contribution in [3.63, 3.8) is 0 Å². The normalized spacial score (nSPS) is 12.7. The Hall–Kier alpha value is -2.38. The van der Waals surface area contributed by atoms with Gasteiger partial charge in [-0.1, -0.05) is 35.9 Å². The molecule has 1 unspecified atom stereocenters. The number of hydrogen-bond acceptors (Lipinski definition) is 3. The lowest BCUT2D eigenvalue weighted by atomic mass is 10.1. The number of benzene rings is 2. The Kier molecular flexibility index (Phi) is 8.29. The van der Waals surface area contributed by atoms with Gasteiger partial charge in [0.15, 0.2) is 5.96 Å². The largest absolute Gasteiger partial charge is 0.435 e. The molecule has 0 bridgehead atoms. The van der Waals surface area contributed by atoms with Crippen LogP contribution in [0.4, 0.5) is 8.78 Å². The summed E-state index contributed by atoms with van der Waals surface area (Å²) in [4.78, 5) is 4.46. The van der Waals surface area contributed by atoms with E-state index >= 15 is 0 Å². The van der Waals surface area contributed by atoms with Crippen LogP contribution in [0.2, 0.25) is 5.02 Å². The maximum absolute atomic E-state index is 12.2. The zero-order valence-corrected chi connectivity index (χ0v) is 15.6.